The quantitative estimate of drug-likeness (QED) is 0.473. The molecule has 3 aromatic heterocycles. The highest BCUT2D eigenvalue weighted by atomic mass is 16.6. The van der Waals surface area contributed by atoms with E-state index in [4.69, 9.17) is 14.9 Å². The van der Waals surface area contributed by atoms with E-state index in [1.807, 2.05) is 75.5 Å². The number of nitrogens with zero attached hydrogens (tertiary/aromatic N) is 4. The summed E-state index contributed by atoms with van der Waals surface area (Å²) in [5.74, 6) is -0.458. The molecule has 1 aliphatic heterocycles. The van der Waals surface area contributed by atoms with E-state index < -0.39 is 17.1 Å². The number of carbonyl (C=O) groups is 1. The van der Waals surface area contributed by atoms with Crippen LogP contribution in [0.2, 0.25) is 0 Å². The maximum absolute atomic E-state index is 13.4. The molecule has 0 bridgehead atoms. The lowest BCUT2D eigenvalue weighted by Gasteiger charge is -2.31. The number of rotatable bonds is 4. The molecule has 8 nitrogen and oxygen atoms in total. The Morgan fingerprint density at radius 2 is 1.79 bits per heavy atom. The Hall–Kier alpha value is -3.78. The summed E-state index contributed by atoms with van der Waals surface area (Å²) in [6.45, 7) is 6.32. The summed E-state index contributed by atoms with van der Waals surface area (Å²) in [6, 6.07) is 18.8. The zero-order chi connectivity index (χ0) is 23.9. The zero-order valence-corrected chi connectivity index (χ0v) is 19.5. The molecule has 0 radical (unpaired) electrons. The van der Waals surface area contributed by atoms with E-state index in [-0.39, 0.29) is 12.1 Å². The average molecular weight is 458 g/mol. The van der Waals surface area contributed by atoms with Crippen molar-refractivity contribution < 1.29 is 9.53 Å². The van der Waals surface area contributed by atoms with Gasteiger partial charge in [-0.2, -0.15) is 10.2 Å². The van der Waals surface area contributed by atoms with Gasteiger partial charge in [-0.15, -0.1) is 0 Å². The minimum atomic E-state index is -1.21. The van der Waals surface area contributed by atoms with Crippen molar-refractivity contribution in [3.63, 3.8) is 0 Å². The van der Waals surface area contributed by atoms with Crippen LogP contribution < -0.4 is 10.9 Å². The van der Waals surface area contributed by atoms with Crippen molar-refractivity contribution in [1.82, 2.24) is 24.7 Å². The SMILES string of the molecule is CC(C)(C)OC(=O)[C@]1(n2nc(-c3c(-c4ccccc4)nn4ccccc34)ccc2=O)CCNC1. The number of carbonyl (C=O) groups excluding carboxylic acids is 1. The molecular weight excluding hydrogens is 430 g/mol. The molecule has 1 saturated heterocycles. The van der Waals surface area contributed by atoms with Gasteiger partial charge in [-0.05, 0) is 51.9 Å². The van der Waals surface area contributed by atoms with E-state index in [1.54, 1.807) is 10.6 Å². The molecule has 34 heavy (non-hydrogen) atoms. The van der Waals surface area contributed by atoms with Crippen LogP contribution in [-0.4, -0.2) is 44.1 Å². The maximum Gasteiger partial charge on any atom is 0.336 e. The number of hydrogen-bond acceptors (Lipinski definition) is 6. The van der Waals surface area contributed by atoms with Crippen LogP contribution in [0.3, 0.4) is 0 Å². The fraction of sp³-hybridized carbons (Fsp3) is 0.308. The van der Waals surface area contributed by atoms with Crippen LogP contribution in [0.25, 0.3) is 28.0 Å². The first-order chi connectivity index (χ1) is 16.3. The molecule has 4 aromatic rings. The van der Waals surface area contributed by atoms with E-state index in [1.165, 1.54) is 10.7 Å². The highest BCUT2D eigenvalue weighted by Crippen LogP contribution is 2.34. The fourth-order valence-electron chi connectivity index (χ4n) is 4.39. The van der Waals surface area contributed by atoms with Crippen molar-refractivity contribution in [2.24, 2.45) is 0 Å². The molecule has 8 heteroatoms. The summed E-state index contributed by atoms with van der Waals surface area (Å²) in [7, 11) is 0. The first-order valence-corrected chi connectivity index (χ1v) is 11.4. The Balaban J connectivity index is 1.72. The normalized spacial score (nSPS) is 18.3. The molecule has 0 aliphatic carbocycles. The Morgan fingerprint density at radius 1 is 1.03 bits per heavy atom. The van der Waals surface area contributed by atoms with Crippen LogP contribution >= 0.6 is 0 Å². The highest BCUT2D eigenvalue weighted by Gasteiger charge is 2.48. The van der Waals surface area contributed by atoms with Crippen molar-refractivity contribution in [3.05, 3.63) is 77.2 Å². The lowest BCUT2D eigenvalue weighted by Crippen LogP contribution is -2.52. The third-order valence-corrected chi connectivity index (χ3v) is 5.96. The monoisotopic (exact) mass is 457 g/mol. The lowest BCUT2D eigenvalue weighted by atomic mass is 9.98. The number of benzene rings is 1. The molecule has 0 spiro atoms. The first-order valence-electron chi connectivity index (χ1n) is 11.4. The molecule has 5 rings (SSSR count). The highest BCUT2D eigenvalue weighted by molar-refractivity contribution is 5.90. The second kappa shape index (κ2) is 8.22. The van der Waals surface area contributed by atoms with Gasteiger partial charge in [0.2, 0.25) is 0 Å². The summed E-state index contributed by atoms with van der Waals surface area (Å²) in [5, 5.41) is 12.8. The molecule has 4 heterocycles. The van der Waals surface area contributed by atoms with Gasteiger partial charge in [-0.25, -0.2) is 14.0 Å². The van der Waals surface area contributed by atoms with Gasteiger partial charge in [-0.1, -0.05) is 36.4 Å². The molecule has 0 saturated carbocycles. The average Bonchev–Trinajstić information content (AvgIpc) is 3.45. The Morgan fingerprint density at radius 3 is 2.50 bits per heavy atom. The molecular formula is C26H27N5O3. The van der Waals surface area contributed by atoms with Gasteiger partial charge in [0.25, 0.3) is 5.56 Å². The van der Waals surface area contributed by atoms with Crippen molar-refractivity contribution >= 4 is 11.5 Å². The number of aromatic nitrogens is 4. The van der Waals surface area contributed by atoms with E-state index in [2.05, 4.69) is 5.32 Å². The second-order valence-corrected chi connectivity index (χ2v) is 9.55. The minimum absolute atomic E-state index is 0.276. The Bertz CT molecular complexity index is 1410. The minimum Gasteiger partial charge on any atom is -0.458 e. The number of hydrogen-bond donors (Lipinski definition) is 1. The van der Waals surface area contributed by atoms with Crippen molar-refractivity contribution in [2.75, 3.05) is 13.1 Å². The maximum atomic E-state index is 13.4. The summed E-state index contributed by atoms with van der Waals surface area (Å²) >= 11 is 0. The van der Waals surface area contributed by atoms with E-state index in [0.29, 0.717) is 18.7 Å². The molecule has 1 N–H and O–H groups in total. The molecule has 1 aromatic carbocycles. The van der Waals surface area contributed by atoms with Crippen LogP contribution in [0.4, 0.5) is 0 Å². The molecule has 174 valence electrons. The molecule has 1 atom stereocenters. The lowest BCUT2D eigenvalue weighted by molar-refractivity contribution is -0.166. The van der Waals surface area contributed by atoms with Crippen LogP contribution in [0.15, 0.2) is 71.7 Å². The molecule has 0 unspecified atom stereocenters. The van der Waals surface area contributed by atoms with Gasteiger partial charge in [-0.3, -0.25) is 4.79 Å². The Kier molecular flexibility index (Phi) is 5.32. The smallest absolute Gasteiger partial charge is 0.336 e. The number of ether oxygens (including phenoxy) is 1. The standard InChI is InChI=1S/C26H27N5O3/c1-25(2,3)34-24(33)26(14-15-27-17-26)31-21(32)13-12-19(28-31)22-20-11-7-8-16-30(20)29-23(22)18-9-5-4-6-10-18/h4-13,16,27H,14-15,17H2,1-3H3/t26-/m0/s1. The summed E-state index contributed by atoms with van der Waals surface area (Å²) in [5.41, 5.74) is 1.66. The summed E-state index contributed by atoms with van der Waals surface area (Å²) < 4.78 is 8.84. The number of fused-ring (bicyclic) bond motifs is 1. The number of pyridine rings is 1. The van der Waals surface area contributed by atoms with Crippen LogP contribution in [-0.2, 0) is 15.1 Å². The fourth-order valence-corrected chi connectivity index (χ4v) is 4.39. The topological polar surface area (TPSA) is 90.5 Å². The Labute approximate surface area is 197 Å². The van der Waals surface area contributed by atoms with Crippen LogP contribution in [0, 0.1) is 0 Å². The van der Waals surface area contributed by atoms with Gasteiger partial charge in [0.15, 0.2) is 5.54 Å². The number of nitrogens with one attached hydrogen (secondary N) is 1. The van der Waals surface area contributed by atoms with E-state index in [9.17, 15) is 9.59 Å². The first kappa shape index (κ1) is 22.0. The van der Waals surface area contributed by atoms with Gasteiger partial charge >= 0.3 is 5.97 Å². The van der Waals surface area contributed by atoms with Crippen molar-refractivity contribution in [2.45, 2.75) is 38.3 Å². The molecule has 0 amide bonds. The van der Waals surface area contributed by atoms with Crippen LogP contribution in [0.1, 0.15) is 27.2 Å². The second-order valence-electron chi connectivity index (χ2n) is 9.55. The van der Waals surface area contributed by atoms with Crippen LogP contribution in [0.5, 0.6) is 0 Å². The van der Waals surface area contributed by atoms with Gasteiger partial charge in [0.1, 0.15) is 11.3 Å². The van der Waals surface area contributed by atoms with Crippen molar-refractivity contribution in [1.29, 1.82) is 0 Å². The zero-order valence-electron chi connectivity index (χ0n) is 19.5. The van der Waals surface area contributed by atoms with E-state index in [0.717, 1.165) is 22.3 Å². The van der Waals surface area contributed by atoms with Gasteiger partial charge < -0.3 is 10.1 Å². The summed E-state index contributed by atoms with van der Waals surface area (Å²) in [6.07, 6.45) is 2.29. The molecule has 1 aliphatic rings. The predicted octanol–water partition coefficient (Wildman–Crippen LogP) is 3.26. The largest absolute Gasteiger partial charge is 0.458 e. The summed E-state index contributed by atoms with van der Waals surface area (Å²) in [4.78, 5) is 26.4. The third kappa shape index (κ3) is 3.80. The van der Waals surface area contributed by atoms with Gasteiger partial charge in [0, 0.05) is 24.4 Å². The van der Waals surface area contributed by atoms with E-state index >= 15 is 0 Å². The predicted molar refractivity (Wildman–Crippen MR) is 129 cm³/mol. The number of esters is 1. The third-order valence-electron chi connectivity index (χ3n) is 5.96. The van der Waals surface area contributed by atoms with Crippen molar-refractivity contribution in [3.8, 4) is 22.5 Å². The molecule has 1 fully saturated rings. The van der Waals surface area contributed by atoms with Gasteiger partial charge in [0.05, 0.1) is 16.8 Å².